The van der Waals surface area contributed by atoms with E-state index in [1.54, 1.807) is 43.3 Å². The molecule has 1 atom stereocenters. The summed E-state index contributed by atoms with van der Waals surface area (Å²) in [7, 11) is 2.79. The largest absolute Gasteiger partial charge is 0.493 e. The van der Waals surface area contributed by atoms with Crippen molar-refractivity contribution in [2.45, 2.75) is 19.4 Å². The Morgan fingerprint density at radius 3 is 2.49 bits per heavy atom. The van der Waals surface area contributed by atoms with Crippen LogP contribution < -0.4 is 14.8 Å². The van der Waals surface area contributed by atoms with Crippen molar-refractivity contribution in [1.82, 2.24) is 5.32 Å². The first kappa shape index (κ1) is 26.2. The van der Waals surface area contributed by atoms with E-state index in [0.717, 1.165) is 5.56 Å². The summed E-state index contributed by atoms with van der Waals surface area (Å²) in [5.74, 6) is -0.739. The number of non-ortho nitro benzene ring substituents is 1. The maximum atomic E-state index is 13.7. The van der Waals surface area contributed by atoms with Crippen LogP contribution >= 0.6 is 15.9 Å². The number of nitro benzene ring substituents is 1. The summed E-state index contributed by atoms with van der Waals surface area (Å²) in [5, 5.41) is 14.4. The highest BCUT2D eigenvalue weighted by atomic mass is 79.9. The maximum absolute atomic E-state index is 13.7. The van der Waals surface area contributed by atoms with E-state index in [1.165, 1.54) is 26.4 Å². The molecule has 10 heteroatoms. The Kier molecular flexibility index (Phi) is 6.96. The molecule has 0 saturated carbocycles. The lowest BCUT2D eigenvalue weighted by Crippen LogP contribution is -2.29. The van der Waals surface area contributed by atoms with Gasteiger partial charge < -0.3 is 19.5 Å². The number of nitrogens with one attached hydrogen (secondary N) is 1. The van der Waals surface area contributed by atoms with Gasteiger partial charge in [0.05, 0.1) is 36.3 Å². The van der Waals surface area contributed by atoms with Crippen molar-refractivity contribution in [3.63, 3.8) is 0 Å². The molecule has 0 fully saturated rings. The van der Waals surface area contributed by atoms with Gasteiger partial charge in [-0.1, -0.05) is 52.3 Å². The first-order valence-electron chi connectivity index (χ1n) is 11.9. The number of dihydropyridines is 1. The molecular formula is C29H23BrN2O7. The van der Waals surface area contributed by atoms with Gasteiger partial charge in [0.1, 0.15) is 6.61 Å². The number of hydrogen-bond donors (Lipinski definition) is 1. The molecule has 0 aromatic heterocycles. The van der Waals surface area contributed by atoms with Crippen molar-refractivity contribution < 1.29 is 28.7 Å². The van der Waals surface area contributed by atoms with Crippen LogP contribution in [0.15, 0.2) is 82.0 Å². The number of ketones is 1. The molecule has 1 aliphatic heterocycles. The van der Waals surface area contributed by atoms with Crippen LogP contribution in [0.5, 0.6) is 11.5 Å². The fourth-order valence-electron chi connectivity index (χ4n) is 4.99. The van der Waals surface area contributed by atoms with E-state index in [2.05, 4.69) is 21.2 Å². The molecule has 0 bridgehead atoms. The van der Waals surface area contributed by atoms with Crippen LogP contribution in [-0.2, 0) is 16.1 Å². The van der Waals surface area contributed by atoms with E-state index in [9.17, 15) is 19.7 Å². The van der Waals surface area contributed by atoms with Gasteiger partial charge in [0.15, 0.2) is 17.3 Å². The highest BCUT2D eigenvalue weighted by Gasteiger charge is 2.43. The van der Waals surface area contributed by atoms with E-state index in [1.807, 2.05) is 12.1 Å². The van der Waals surface area contributed by atoms with Gasteiger partial charge in [-0.2, -0.15) is 0 Å². The Morgan fingerprint density at radius 1 is 1.05 bits per heavy atom. The monoisotopic (exact) mass is 590 g/mol. The Morgan fingerprint density at radius 2 is 1.79 bits per heavy atom. The smallest absolute Gasteiger partial charge is 0.336 e. The zero-order valence-electron chi connectivity index (χ0n) is 21.2. The van der Waals surface area contributed by atoms with E-state index >= 15 is 0 Å². The highest BCUT2D eigenvalue weighted by Crippen LogP contribution is 2.50. The predicted molar refractivity (Wildman–Crippen MR) is 146 cm³/mol. The molecule has 1 N–H and O–H groups in total. The van der Waals surface area contributed by atoms with Gasteiger partial charge in [-0.25, -0.2) is 4.79 Å². The molecule has 0 amide bonds. The number of esters is 1. The van der Waals surface area contributed by atoms with Gasteiger partial charge in [-0.3, -0.25) is 14.9 Å². The van der Waals surface area contributed by atoms with Gasteiger partial charge in [0, 0.05) is 39.0 Å². The van der Waals surface area contributed by atoms with Crippen LogP contribution in [0.1, 0.15) is 39.9 Å². The number of nitro groups is 1. The van der Waals surface area contributed by atoms with Crippen molar-refractivity contribution in [3.8, 4) is 11.5 Å². The number of allylic oxidation sites excluding steroid dienone is 2. The highest BCUT2D eigenvalue weighted by molar-refractivity contribution is 9.10. The fraction of sp³-hybridized carbons (Fsp3) is 0.172. The number of hydrogen-bond acceptors (Lipinski definition) is 8. The number of nitrogens with zero attached hydrogens (tertiary/aromatic N) is 1. The summed E-state index contributed by atoms with van der Waals surface area (Å²) in [6.45, 7) is 1.84. The summed E-state index contributed by atoms with van der Waals surface area (Å²) in [6.07, 6.45) is 0. The molecule has 0 unspecified atom stereocenters. The van der Waals surface area contributed by atoms with Gasteiger partial charge in [-0.05, 0) is 30.2 Å². The van der Waals surface area contributed by atoms with Crippen LogP contribution in [0.2, 0.25) is 0 Å². The molecule has 1 aliphatic carbocycles. The average molecular weight is 591 g/mol. The van der Waals surface area contributed by atoms with Crippen LogP contribution in [0.3, 0.4) is 0 Å². The minimum Gasteiger partial charge on any atom is -0.493 e. The normalized spacial score (nSPS) is 15.9. The van der Waals surface area contributed by atoms with Crippen LogP contribution in [0.25, 0.3) is 5.70 Å². The number of methoxy groups -OCH3 is 2. The van der Waals surface area contributed by atoms with Crippen molar-refractivity contribution in [3.05, 3.63) is 114 Å². The first-order valence-corrected chi connectivity index (χ1v) is 12.7. The lowest BCUT2D eigenvalue weighted by atomic mass is 9.79. The summed E-state index contributed by atoms with van der Waals surface area (Å²) in [5.41, 5.74) is 4.50. The molecule has 9 nitrogen and oxygen atoms in total. The second kappa shape index (κ2) is 10.4. The van der Waals surface area contributed by atoms with Gasteiger partial charge >= 0.3 is 5.97 Å². The minimum atomic E-state index is -0.748. The Bertz CT molecular complexity index is 1610. The van der Waals surface area contributed by atoms with Gasteiger partial charge in [0.25, 0.3) is 5.69 Å². The average Bonchev–Trinajstić information content (AvgIpc) is 3.22. The van der Waals surface area contributed by atoms with E-state index in [-0.39, 0.29) is 18.1 Å². The molecule has 0 spiro atoms. The fourth-order valence-corrected chi connectivity index (χ4v) is 5.54. The lowest BCUT2D eigenvalue weighted by molar-refractivity contribution is -0.384. The predicted octanol–water partition coefficient (Wildman–Crippen LogP) is 5.69. The molecular weight excluding hydrogens is 568 g/mol. The van der Waals surface area contributed by atoms with Crippen LogP contribution in [0.4, 0.5) is 5.69 Å². The Labute approximate surface area is 232 Å². The van der Waals surface area contributed by atoms with Gasteiger partial charge in [-0.15, -0.1) is 0 Å². The first-order chi connectivity index (χ1) is 18.7. The summed E-state index contributed by atoms with van der Waals surface area (Å²) >= 11 is 3.62. The van der Waals surface area contributed by atoms with Crippen molar-refractivity contribution in [1.29, 1.82) is 0 Å². The number of carbonyl (C=O) groups is 2. The number of Topliss-reactive ketones (excluding diaryl/α,β-unsaturated/α-hetero) is 1. The number of carbonyl (C=O) groups excluding carboxylic acids is 2. The third-order valence-electron chi connectivity index (χ3n) is 6.76. The third kappa shape index (κ3) is 4.57. The molecule has 2 aliphatic rings. The molecule has 39 heavy (non-hydrogen) atoms. The topological polar surface area (TPSA) is 117 Å². The Hall–Kier alpha value is -4.44. The number of halogens is 1. The molecule has 0 radical (unpaired) electrons. The molecule has 198 valence electrons. The standard InChI is InChI=1S/C29H23BrN2O7/c1-15-24(29(34)38-3)25(26-27(31-15)18-9-4-5-10-19(18)28(26)33)20-12-22(37-2)23(13-21(20)30)39-14-16-7-6-8-17(11-16)32(35)36/h4-13,25,31H,14H2,1-3H3/t25-/m1/s1. The van der Waals surface area contributed by atoms with Gasteiger partial charge in [0.2, 0.25) is 0 Å². The lowest BCUT2D eigenvalue weighted by Gasteiger charge is -2.30. The summed E-state index contributed by atoms with van der Waals surface area (Å²) in [6, 6.07) is 16.9. The third-order valence-corrected chi connectivity index (χ3v) is 7.45. The zero-order valence-corrected chi connectivity index (χ0v) is 22.8. The molecule has 3 aromatic carbocycles. The van der Waals surface area contributed by atoms with E-state index < -0.39 is 16.8 Å². The summed E-state index contributed by atoms with van der Waals surface area (Å²) < 4.78 is 17.3. The molecule has 3 aromatic rings. The molecule has 5 rings (SSSR count). The van der Waals surface area contributed by atoms with Crippen molar-refractivity contribution in [2.24, 2.45) is 0 Å². The number of rotatable bonds is 7. The minimum absolute atomic E-state index is 0.0331. The number of fused-ring (bicyclic) bond motifs is 2. The van der Waals surface area contributed by atoms with Crippen LogP contribution in [0, 0.1) is 10.1 Å². The second-order valence-corrected chi connectivity index (χ2v) is 9.85. The summed E-state index contributed by atoms with van der Waals surface area (Å²) in [4.78, 5) is 37.3. The number of ether oxygens (including phenoxy) is 3. The number of benzene rings is 3. The SMILES string of the molecule is COC(=O)C1=C(C)NC2=C(C(=O)c3ccccc32)[C@@H]1c1cc(OC)c(OCc2cccc([N+](=O)[O-])c2)cc1Br. The molecule has 1 heterocycles. The Balaban J connectivity index is 1.58. The molecule has 0 saturated heterocycles. The zero-order chi connectivity index (χ0) is 27.8. The van der Waals surface area contributed by atoms with Crippen LogP contribution in [-0.4, -0.2) is 30.9 Å². The van der Waals surface area contributed by atoms with Crippen molar-refractivity contribution >= 4 is 39.1 Å². The quantitative estimate of drug-likeness (QED) is 0.212. The van der Waals surface area contributed by atoms with E-state index in [4.69, 9.17) is 14.2 Å². The van der Waals surface area contributed by atoms with Crippen molar-refractivity contribution in [2.75, 3.05) is 14.2 Å². The second-order valence-electron chi connectivity index (χ2n) is 8.99. The maximum Gasteiger partial charge on any atom is 0.336 e. The van der Waals surface area contributed by atoms with E-state index in [0.29, 0.717) is 55.2 Å².